The number of anilines is 1. The summed E-state index contributed by atoms with van der Waals surface area (Å²) in [5.41, 5.74) is 0.370. The van der Waals surface area contributed by atoms with Crippen LogP contribution in [0.4, 0.5) is 9.52 Å². The van der Waals surface area contributed by atoms with Crippen LogP contribution >= 0.6 is 11.3 Å². The minimum absolute atomic E-state index is 0.161. The van der Waals surface area contributed by atoms with Gasteiger partial charge in [0.2, 0.25) is 11.0 Å². The standard InChI is InChI=1S/C14H16FN3O2S/c1-2-4-13-17-18-14(21-13)16-12(20)8-11(19)9-5-3-6-10(15)7-9/h3,5-7,11,19H,2,4,8H2,1H3,(H,16,18,20). The number of hydrogen-bond acceptors (Lipinski definition) is 5. The first kappa shape index (κ1) is 15.5. The highest BCUT2D eigenvalue weighted by Gasteiger charge is 2.15. The maximum Gasteiger partial charge on any atom is 0.229 e. The normalized spacial score (nSPS) is 12.1. The molecule has 0 aliphatic heterocycles. The molecule has 0 aliphatic carbocycles. The maximum absolute atomic E-state index is 13.1. The molecule has 1 heterocycles. The first-order valence-electron chi connectivity index (χ1n) is 6.64. The molecule has 0 aliphatic rings. The number of amides is 1. The van der Waals surface area contributed by atoms with E-state index in [1.54, 1.807) is 6.07 Å². The van der Waals surface area contributed by atoms with Crippen LogP contribution in [-0.2, 0) is 11.2 Å². The SMILES string of the molecule is CCCc1nnc(NC(=O)CC(O)c2cccc(F)c2)s1. The number of aliphatic hydroxyl groups is 1. The van der Waals surface area contributed by atoms with Gasteiger partial charge in [0.15, 0.2) is 0 Å². The molecule has 1 aromatic carbocycles. The third-order valence-corrected chi connectivity index (χ3v) is 3.69. The van der Waals surface area contributed by atoms with Crippen molar-refractivity contribution in [1.82, 2.24) is 10.2 Å². The Hall–Kier alpha value is -1.86. The summed E-state index contributed by atoms with van der Waals surface area (Å²) in [6, 6.07) is 5.56. The fourth-order valence-corrected chi connectivity index (χ4v) is 2.65. The second-order valence-corrected chi connectivity index (χ2v) is 5.64. The van der Waals surface area contributed by atoms with E-state index in [1.807, 2.05) is 6.92 Å². The maximum atomic E-state index is 13.1. The zero-order valence-corrected chi connectivity index (χ0v) is 12.4. The highest BCUT2D eigenvalue weighted by atomic mass is 32.1. The highest BCUT2D eigenvalue weighted by Crippen LogP contribution is 2.20. The van der Waals surface area contributed by atoms with Crippen LogP contribution in [-0.4, -0.2) is 21.2 Å². The molecule has 7 heteroatoms. The first-order chi connectivity index (χ1) is 10.1. The van der Waals surface area contributed by atoms with Gasteiger partial charge in [-0.2, -0.15) is 0 Å². The average molecular weight is 309 g/mol. The molecule has 112 valence electrons. The Morgan fingerprint density at radius 3 is 3.00 bits per heavy atom. The lowest BCUT2D eigenvalue weighted by Gasteiger charge is -2.10. The van der Waals surface area contributed by atoms with Crippen molar-refractivity contribution in [2.45, 2.75) is 32.3 Å². The molecule has 1 atom stereocenters. The van der Waals surface area contributed by atoms with Crippen molar-refractivity contribution in [3.05, 3.63) is 40.7 Å². The van der Waals surface area contributed by atoms with Gasteiger partial charge in [-0.25, -0.2) is 4.39 Å². The molecule has 0 radical (unpaired) electrons. The molecule has 21 heavy (non-hydrogen) atoms. The zero-order valence-electron chi connectivity index (χ0n) is 11.5. The van der Waals surface area contributed by atoms with Crippen LogP contribution in [0, 0.1) is 5.82 Å². The van der Waals surface area contributed by atoms with Gasteiger partial charge in [-0.15, -0.1) is 10.2 Å². The molecule has 0 saturated carbocycles. The van der Waals surface area contributed by atoms with E-state index in [9.17, 15) is 14.3 Å². The average Bonchev–Trinajstić information content (AvgIpc) is 2.86. The number of carbonyl (C=O) groups excluding carboxylic acids is 1. The van der Waals surface area contributed by atoms with Gasteiger partial charge in [0, 0.05) is 6.42 Å². The van der Waals surface area contributed by atoms with Crippen LogP contribution in [0.1, 0.15) is 36.4 Å². The van der Waals surface area contributed by atoms with Crippen molar-refractivity contribution in [3.63, 3.8) is 0 Å². The molecule has 1 unspecified atom stereocenters. The van der Waals surface area contributed by atoms with Crippen LogP contribution in [0.25, 0.3) is 0 Å². The van der Waals surface area contributed by atoms with Gasteiger partial charge in [0.05, 0.1) is 12.5 Å². The van der Waals surface area contributed by atoms with E-state index in [0.717, 1.165) is 17.8 Å². The molecule has 1 aromatic heterocycles. The van der Waals surface area contributed by atoms with Crippen molar-refractivity contribution in [2.75, 3.05) is 5.32 Å². The van der Waals surface area contributed by atoms with Gasteiger partial charge in [-0.05, 0) is 24.1 Å². The van der Waals surface area contributed by atoms with Gasteiger partial charge >= 0.3 is 0 Å². The van der Waals surface area contributed by atoms with Gasteiger partial charge in [-0.3, -0.25) is 4.79 Å². The van der Waals surface area contributed by atoms with Gasteiger partial charge in [0.25, 0.3) is 0 Å². The molecular formula is C14H16FN3O2S. The third-order valence-electron chi connectivity index (χ3n) is 2.79. The van der Waals surface area contributed by atoms with E-state index in [1.165, 1.54) is 29.5 Å². The summed E-state index contributed by atoms with van der Waals surface area (Å²) in [6.45, 7) is 2.04. The van der Waals surface area contributed by atoms with E-state index in [-0.39, 0.29) is 12.3 Å². The fourth-order valence-electron chi connectivity index (χ4n) is 1.80. The molecular weight excluding hydrogens is 293 g/mol. The Kier molecular flexibility index (Phi) is 5.35. The Bertz CT molecular complexity index is 618. The summed E-state index contributed by atoms with van der Waals surface area (Å²) < 4.78 is 13.1. The molecule has 2 rings (SSSR count). The minimum Gasteiger partial charge on any atom is -0.388 e. The zero-order chi connectivity index (χ0) is 15.2. The number of nitrogens with one attached hydrogen (secondary N) is 1. The third kappa shape index (κ3) is 4.57. The predicted molar refractivity (Wildman–Crippen MR) is 78.5 cm³/mol. The number of aromatic nitrogens is 2. The van der Waals surface area contributed by atoms with E-state index in [4.69, 9.17) is 0 Å². The molecule has 0 spiro atoms. The lowest BCUT2D eigenvalue weighted by Crippen LogP contribution is -2.15. The van der Waals surface area contributed by atoms with Crippen molar-refractivity contribution in [3.8, 4) is 0 Å². The lowest BCUT2D eigenvalue weighted by molar-refractivity contribution is -0.118. The summed E-state index contributed by atoms with van der Waals surface area (Å²) in [6.07, 6.45) is 0.565. The smallest absolute Gasteiger partial charge is 0.229 e. The Morgan fingerprint density at radius 1 is 1.48 bits per heavy atom. The summed E-state index contributed by atoms with van der Waals surface area (Å²) in [5, 5.41) is 21.6. The summed E-state index contributed by atoms with van der Waals surface area (Å²) in [7, 11) is 0. The summed E-state index contributed by atoms with van der Waals surface area (Å²) in [4.78, 5) is 11.8. The van der Waals surface area contributed by atoms with E-state index >= 15 is 0 Å². The molecule has 2 aromatic rings. The van der Waals surface area contributed by atoms with Crippen LogP contribution in [0.15, 0.2) is 24.3 Å². The number of rotatable bonds is 6. The predicted octanol–water partition coefficient (Wildman–Crippen LogP) is 2.69. The minimum atomic E-state index is -1.05. The van der Waals surface area contributed by atoms with Crippen molar-refractivity contribution < 1.29 is 14.3 Å². The Labute approximate surface area is 125 Å². The van der Waals surface area contributed by atoms with Gasteiger partial charge in [0.1, 0.15) is 10.8 Å². The van der Waals surface area contributed by atoms with Crippen molar-refractivity contribution >= 4 is 22.4 Å². The number of benzene rings is 1. The first-order valence-corrected chi connectivity index (χ1v) is 7.46. The van der Waals surface area contributed by atoms with Gasteiger partial charge in [-0.1, -0.05) is 30.4 Å². The summed E-state index contributed by atoms with van der Waals surface area (Å²) in [5.74, 6) is -0.828. The van der Waals surface area contributed by atoms with E-state index in [2.05, 4.69) is 15.5 Å². The Balaban J connectivity index is 1.91. The van der Waals surface area contributed by atoms with Crippen LogP contribution < -0.4 is 5.32 Å². The Morgan fingerprint density at radius 2 is 2.29 bits per heavy atom. The van der Waals surface area contributed by atoms with Crippen LogP contribution in [0.5, 0.6) is 0 Å². The lowest BCUT2D eigenvalue weighted by atomic mass is 10.1. The molecule has 0 saturated heterocycles. The molecule has 2 N–H and O–H groups in total. The number of halogens is 1. The number of carbonyl (C=O) groups is 1. The van der Waals surface area contributed by atoms with Crippen molar-refractivity contribution in [2.24, 2.45) is 0 Å². The topological polar surface area (TPSA) is 75.1 Å². The number of aliphatic hydroxyl groups excluding tert-OH is 1. The summed E-state index contributed by atoms with van der Waals surface area (Å²) >= 11 is 1.32. The quantitative estimate of drug-likeness (QED) is 0.860. The number of aryl methyl sites for hydroxylation is 1. The molecule has 5 nitrogen and oxygen atoms in total. The number of hydrogen-bond donors (Lipinski definition) is 2. The van der Waals surface area contributed by atoms with Crippen LogP contribution in [0.3, 0.4) is 0 Å². The van der Waals surface area contributed by atoms with Crippen molar-refractivity contribution in [1.29, 1.82) is 0 Å². The fraction of sp³-hybridized carbons (Fsp3) is 0.357. The second kappa shape index (κ2) is 7.24. The molecule has 0 bridgehead atoms. The van der Waals surface area contributed by atoms with E-state index in [0.29, 0.717) is 10.7 Å². The monoisotopic (exact) mass is 309 g/mol. The molecule has 0 fully saturated rings. The molecule has 1 amide bonds. The van der Waals surface area contributed by atoms with E-state index < -0.39 is 11.9 Å². The highest BCUT2D eigenvalue weighted by molar-refractivity contribution is 7.15. The second-order valence-electron chi connectivity index (χ2n) is 4.57. The van der Waals surface area contributed by atoms with Gasteiger partial charge < -0.3 is 10.4 Å². The number of nitrogens with zero attached hydrogens (tertiary/aromatic N) is 2. The van der Waals surface area contributed by atoms with Crippen LogP contribution in [0.2, 0.25) is 0 Å². The largest absolute Gasteiger partial charge is 0.388 e.